The van der Waals surface area contributed by atoms with E-state index in [0.717, 1.165) is 11.3 Å². The lowest BCUT2D eigenvalue weighted by molar-refractivity contribution is -0.383. The number of pyridine rings is 1. The predicted octanol–water partition coefficient (Wildman–Crippen LogP) is 1.86. The van der Waals surface area contributed by atoms with E-state index in [4.69, 9.17) is 0 Å². The van der Waals surface area contributed by atoms with Crippen LogP contribution >= 0.6 is 0 Å². The first-order valence-corrected chi connectivity index (χ1v) is 4.19. The van der Waals surface area contributed by atoms with E-state index in [2.05, 4.69) is 5.10 Å². The van der Waals surface area contributed by atoms with Gasteiger partial charge in [-0.3, -0.25) is 10.1 Å². The number of nitro groups is 1. The molecule has 0 aliphatic rings. The molecule has 0 saturated carbocycles. The van der Waals surface area contributed by atoms with Gasteiger partial charge in [-0.25, -0.2) is 4.52 Å². The zero-order valence-corrected chi connectivity index (χ0v) is 7.89. The van der Waals surface area contributed by atoms with E-state index >= 15 is 0 Å². The van der Waals surface area contributed by atoms with Crippen LogP contribution < -0.4 is 0 Å². The van der Waals surface area contributed by atoms with Crippen LogP contribution in [0.5, 0.6) is 0 Å². The molecular weight excluding hydrogens is 182 g/mol. The largest absolute Gasteiger partial charge is 0.314 e. The Bertz CT molecular complexity index is 516. The fourth-order valence-electron chi connectivity index (χ4n) is 1.40. The minimum atomic E-state index is -0.420. The van der Waals surface area contributed by atoms with Crippen molar-refractivity contribution in [2.24, 2.45) is 0 Å². The molecule has 0 radical (unpaired) electrons. The lowest BCUT2D eigenvalue weighted by Gasteiger charge is -2.01. The predicted molar refractivity (Wildman–Crippen MR) is 51.3 cm³/mol. The monoisotopic (exact) mass is 191 g/mol. The van der Waals surface area contributed by atoms with Gasteiger partial charge in [0.25, 0.3) is 0 Å². The average molecular weight is 191 g/mol. The molecule has 72 valence electrons. The molecule has 0 aliphatic heterocycles. The van der Waals surface area contributed by atoms with E-state index in [0.29, 0.717) is 5.52 Å². The lowest BCUT2D eigenvalue weighted by Crippen LogP contribution is -1.96. The second-order valence-corrected chi connectivity index (χ2v) is 3.19. The summed E-state index contributed by atoms with van der Waals surface area (Å²) in [7, 11) is 0. The van der Waals surface area contributed by atoms with Gasteiger partial charge in [0.15, 0.2) is 0 Å². The maximum absolute atomic E-state index is 10.6. The number of aryl methyl sites for hydroxylation is 2. The highest BCUT2D eigenvalue weighted by Gasteiger charge is 2.15. The van der Waals surface area contributed by atoms with E-state index < -0.39 is 4.92 Å². The van der Waals surface area contributed by atoms with Crippen molar-refractivity contribution in [3.63, 3.8) is 0 Å². The van der Waals surface area contributed by atoms with Gasteiger partial charge in [-0.15, -0.1) is 0 Å². The van der Waals surface area contributed by atoms with Crippen LogP contribution in [0, 0.1) is 24.0 Å². The van der Waals surface area contributed by atoms with Gasteiger partial charge in [0.1, 0.15) is 11.7 Å². The minimum Gasteiger partial charge on any atom is -0.258 e. The SMILES string of the molecule is Cc1ccc2c([N+](=O)[O-])cnn2c1C. The number of fused-ring (bicyclic) bond motifs is 1. The Labute approximate surface area is 80.1 Å². The molecule has 2 aromatic rings. The Balaban J connectivity index is 2.83. The van der Waals surface area contributed by atoms with Crippen LogP contribution in [-0.4, -0.2) is 14.5 Å². The van der Waals surface area contributed by atoms with Crippen molar-refractivity contribution in [1.82, 2.24) is 9.61 Å². The number of hydrogen-bond donors (Lipinski definition) is 0. The summed E-state index contributed by atoms with van der Waals surface area (Å²) in [6, 6.07) is 3.58. The number of hydrogen-bond acceptors (Lipinski definition) is 3. The molecule has 0 saturated heterocycles. The summed E-state index contributed by atoms with van der Waals surface area (Å²) in [5, 5.41) is 14.6. The van der Waals surface area contributed by atoms with Crippen LogP contribution in [-0.2, 0) is 0 Å². The number of aromatic nitrogens is 2. The molecular formula is C9H9N3O2. The Morgan fingerprint density at radius 2 is 2.14 bits per heavy atom. The summed E-state index contributed by atoms with van der Waals surface area (Å²) >= 11 is 0. The number of rotatable bonds is 1. The summed E-state index contributed by atoms with van der Waals surface area (Å²) in [6.45, 7) is 3.83. The first-order valence-electron chi connectivity index (χ1n) is 4.19. The molecule has 0 aromatic carbocycles. The Kier molecular flexibility index (Phi) is 1.73. The second kappa shape index (κ2) is 2.80. The summed E-state index contributed by atoms with van der Waals surface area (Å²) in [4.78, 5) is 10.2. The third-order valence-corrected chi connectivity index (χ3v) is 2.36. The van der Waals surface area contributed by atoms with Crippen LogP contribution in [0.15, 0.2) is 18.3 Å². The molecule has 5 nitrogen and oxygen atoms in total. The first-order chi connectivity index (χ1) is 6.61. The minimum absolute atomic E-state index is 0.0492. The van der Waals surface area contributed by atoms with Gasteiger partial charge in [-0.2, -0.15) is 5.10 Å². The molecule has 0 fully saturated rings. The van der Waals surface area contributed by atoms with Gasteiger partial charge in [0.05, 0.1) is 4.92 Å². The van der Waals surface area contributed by atoms with Gasteiger partial charge in [0.2, 0.25) is 0 Å². The standard InChI is InChI=1S/C9H9N3O2/c1-6-3-4-8-9(12(13)14)5-10-11(8)7(6)2/h3-5H,1-2H3. The third-order valence-electron chi connectivity index (χ3n) is 2.36. The highest BCUT2D eigenvalue weighted by Crippen LogP contribution is 2.21. The van der Waals surface area contributed by atoms with E-state index in [1.54, 1.807) is 10.6 Å². The maximum atomic E-state index is 10.6. The van der Waals surface area contributed by atoms with Crippen LogP contribution in [0.3, 0.4) is 0 Å². The van der Waals surface area contributed by atoms with E-state index in [1.165, 1.54) is 6.20 Å². The summed E-state index contributed by atoms with van der Waals surface area (Å²) in [6.07, 6.45) is 1.28. The molecule has 0 N–H and O–H groups in total. The second-order valence-electron chi connectivity index (χ2n) is 3.19. The van der Waals surface area contributed by atoms with Crippen LogP contribution in [0.4, 0.5) is 5.69 Å². The number of nitrogens with zero attached hydrogens (tertiary/aromatic N) is 3. The molecule has 14 heavy (non-hydrogen) atoms. The Hall–Kier alpha value is -1.91. The quantitative estimate of drug-likeness (QED) is 0.510. The van der Waals surface area contributed by atoms with Gasteiger partial charge in [-0.05, 0) is 25.5 Å². The summed E-state index contributed by atoms with van der Waals surface area (Å²) in [5.74, 6) is 0. The smallest absolute Gasteiger partial charge is 0.258 e. The normalized spacial score (nSPS) is 10.7. The lowest BCUT2D eigenvalue weighted by atomic mass is 10.2. The molecule has 2 heterocycles. The Morgan fingerprint density at radius 1 is 1.43 bits per heavy atom. The van der Waals surface area contributed by atoms with Crippen molar-refractivity contribution in [3.05, 3.63) is 39.7 Å². The van der Waals surface area contributed by atoms with Crippen LogP contribution in [0.1, 0.15) is 11.3 Å². The van der Waals surface area contributed by atoms with Crippen molar-refractivity contribution in [2.45, 2.75) is 13.8 Å². The molecule has 0 amide bonds. The van der Waals surface area contributed by atoms with Gasteiger partial charge in [0, 0.05) is 5.69 Å². The van der Waals surface area contributed by atoms with Gasteiger partial charge >= 0.3 is 5.69 Å². The zero-order chi connectivity index (χ0) is 10.3. The van der Waals surface area contributed by atoms with Gasteiger partial charge in [-0.1, -0.05) is 6.07 Å². The molecule has 2 aromatic heterocycles. The van der Waals surface area contributed by atoms with Crippen LogP contribution in [0.25, 0.3) is 5.52 Å². The van der Waals surface area contributed by atoms with Crippen molar-refractivity contribution >= 4 is 11.2 Å². The summed E-state index contributed by atoms with van der Waals surface area (Å²) in [5.41, 5.74) is 2.58. The van der Waals surface area contributed by atoms with Gasteiger partial charge < -0.3 is 0 Å². The third kappa shape index (κ3) is 1.06. The first kappa shape index (κ1) is 8.68. The van der Waals surface area contributed by atoms with E-state index in [1.807, 2.05) is 19.9 Å². The summed E-state index contributed by atoms with van der Waals surface area (Å²) < 4.78 is 1.59. The fraction of sp³-hybridized carbons (Fsp3) is 0.222. The highest BCUT2D eigenvalue weighted by molar-refractivity contribution is 5.64. The molecule has 0 bridgehead atoms. The van der Waals surface area contributed by atoms with E-state index in [-0.39, 0.29) is 5.69 Å². The topological polar surface area (TPSA) is 60.4 Å². The molecule has 0 atom stereocenters. The maximum Gasteiger partial charge on any atom is 0.314 e. The Morgan fingerprint density at radius 3 is 2.79 bits per heavy atom. The van der Waals surface area contributed by atoms with Crippen molar-refractivity contribution in [2.75, 3.05) is 0 Å². The molecule has 0 spiro atoms. The van der Waals surface area contributed by atoms with E-state index in [9.17, 15) is 10.1 Å². The molecule has 0 aliphatic carbocycles. The fourth-order valence-corrected chi connectivity index (χ4v) is 1.40. The average Bonchev–Trinajstić information content (AvgIpc) is 2.55. The van der Waals surface area contributed by atoms with Crippen molar-refractivity contribution in [1.29, 1.82) is 0 Å². The molecule has 2 rings (SSSR count). The molecule has 5 heteroatoms. The highest BCUT2D eigenvalue weighted by atomic mass is 16.6. The van der Waals surface area contributed by atoms with Crippen molar-refractivity contribution < 1.29 is 4.92 Å². The van der Waals surface area contributed by atoms with Crippen LogP contribution in [0.2, 0.25) is 0 Å². The molecule has 0 unspecified atom stereocenters. The zero-order valence-electron chi connectivity index (χ0n) is 7.89. The van der Waals surface area contributed by atoms with Crippen molar-refractivity contribution in [3.8, 4) is 0 Å².